The van der Waals surface area contributed by atoms with Crippen LogP contribution in [0, 0.1) is 11.8 Å². The zero-order chi connectivity index (χ0) is 13.0. The highest BCUT2D eigenvalue weighted by Gasteiger charge is 2.27. The molecule has 0 spiro atoms. The summed E-state index contributed by atoms with van der Waals surface area (Å²) in [7, 11) is 0. The average molecular weight is 241 g/mol. The van der Waals surface area contributed by atoms with Gasteiger partial charge in [-0.15, -0.1) is 5.92 Å². The molecule has 2 rings (SSSR count). The van der Waals surface area contributed by atoms with E-state index in [4.69, 9.17) is 4.74 Å². The highest BCUT2D eigenvalue weighted by atomic mass is 16.6. The zero-order valence-corrected chi connectivity index (χ0v) is 10.5. The topological polar surface area (TPSA) is 29.5 Å². The molecule has 0 bridgehead atoms. The molecule has 0 radical (unpaired) electrons. The van der Waals surface area contributed by atoms with Crippen LogP contribution < -0.4 is 4.90 Å². The van der Waals surface area contributed by atoms with E-state index in [1.807, 2.05) is 36.4 Å². The van der Waals surface area contributed by atoms with Crippen LogP contribution >= 0.6 is 0 Å². The highest BCUT2D eigenvalue weighted by molar-refractivity contribution is 5.94. The van der Waals surface area contributed by atoms with Crippen LogP contribution in [0.2, 0.25) is 0 Å². The average Bonchev–Trinajstić information content (AvgIpc) is 2.39. The highest BCUT2D eigenvalue weighted by Crippen LogP contribution is 2.29. The summed E-state index contributed by atoms with van der Waals surface area (Å²) in [5, 5.41) is 0. The second-order valence-corrected chi connectivity index (χ2v) is 3.83. The van der Waals surface area contributed by atoms with E-state index in [1.165, 1.54) is 0 Å². The quantitative estimate of drug-likeness (QED) is 0.707. The molecule has 0 aromatic heterocycles. The lowest BCUT2D eigenvalue weighted by Gasteiger charge is -2.30. The molecule has 1 aliphatic rings. The molecule has 0 fully saturated rings. The summed E-state index contributed by atoms with van der Waals surface area (Å²) in [4.78, 5) is 13.6. The molecule has 3 nitrogen and oxygen atoms in total. The third kappa shape index (κ3) is 2.23. The largest absolute Gasteiger partial charge is 0.449 e. The van der Waals surface area contributed by atoms with Gasteiger partial charge in [-0.25, -0.2) is 4.79 Å². The Morgan fingerprint density at radius 3 is 2.94 bits per heavy atom. The summed E-state index contributed by atoms with van der Waals surface area (Å²) in [6.45, 7) is 3.91. The summed E-state index contributed by atoms with van der Waals surface area (Å²) in [5.74, 6) is 5.85. The molecular weight excluding hydrogens is 226 g/mol. The minimum Gasteiger partial charge on any atom is -0.449 e. The minimum absolute atomic E-state index is 0.260. The number of para-hydroxylation sites is 1. The number of anilines is 1. The van der Waals surface area contributed by atoms with Crippen molar-refractivity contribution in [1.29, 1.82) is 0 Å². The Hall–Kier alpha value is -2.21. The van der Waals surface area contributed by atoms with E-state index in [9.17, 15) is 4.79 Å². The van der Waals surface area contributed by atoms with Gasteiger partial charge in [0.2, 0.25) is 0 Å². The molecule has 1 amide bonds. The van der Waals surface area contributed by atoms with E-state index < -0.39 is 0 Å². The van der Waals surface area contributed by atoms with Crippen LogP contribution in [0.1, 0.15) is 19.4 Å². The Morgan fingerprint density at radius 2 is 2.22 bits per heavy atom. The first-order chi connectivity index (χ1) is 8.77. The molecule has 1 aliphatic heterocycles. The van der Waals surface area contributed by atoms with Crippen molar-refractivity contribution in [3.05, 3.63) is 35.9 Å². The first-order valence-electron chi connectivity index (χ1n) is 5.93. The fraction of sp³-hybridized carbons (Fsp3) is 0.267. The van der Waals surface area contributed by atoms with E-state index in [-0.39, 0.29) is 12.1 Å². The molecule has 1 atom stereocenters. The van der Waals surface area contributed by atoms with Gasteiger partial charge in [-0.3, -0.25) is 4.90 Å². The Labute approximate surface area is 107 Å². The number of benzene rings is 1. The molecular formula is C15H15NO2. The SMILES string of the molecule is CC#C[C@@H]1C=Cc2ccccc2N1C(=O)OCC. The van der Waals surface area contributed by atoms with Crippen LogP contribution in [0.15, 0.2) is 30.3 Å². The van der Waals surface area contributed by atoms with Crippen LogP contribution in [0.3, 0.4) is 0 Å². The van der Waals surface area contributed by atoms with Crippen LogP contribution in [0.25, 0.3) is 6.08 Å². The maximum Gasteiger partial charge on any atom is 0.415 e. The molecule has 0 aliphatic carbocycles. The van der Waals surface area contributed by atoms with E-state index in [0.717, 1.165) is 11.3 Å². The first-order valence-corrected chi connectivity index (χ1v) is 5.93. The molecule has 3 heteroatoms. The molecule has 1 heterocycles. The van der Waals surface area contributed by atoms with Crippen molar-refractivity contribution in [3.63, 3.8) is 0 Å². The lowest BCUT2D eigenvalue weighted by molar-refractivity contribution is 0.159. The first kappa shape index (κ1) is 12.3. The van der Waals surface area contributed by atoms with Crippen LogP contribution in [0.4, 0.5) is 10.5 Å². The van der Waals surface area contributed by atoms with E-state index in [1.54, 1.807) is 18.7 Å². The van der Waals surface area contributed by atoms with Crippen molar-refractivity contribution >= 4 is 17.9 Å². The number of rotatable bonds is 1. The maximum atomic E-state index is 12.0. The van der Waals surface area contributed by atoms with Crippen LogP contribution in [-0.2, 0) is 4.74 Å². The maximum absolute atomic E-state index is 12.0. The molecule has 0 saturated carbocycles. The lowest BCUT2D eigenvalue weighted by Crippen LogP contribution is -2.40. The number of carbonyl (C=O) groups is 1. The van der Waals surface area contributed by atoms with Gasteiger partial charge in [0.15, 0.2) is 0 Å². The standard InChI is InChI=1S/C15H15NO2/c1-3-7-13-11-10-12-8-5-6-9-14(12)16(13)15(17)18-4-2/h5-6,8-11,13H,4H2,1-2H3/t13-/m1/s1. The van der Waals surface area contributed by atoms with Crippen molar-refractivity contribution in [2.24, 2.45) is 0 Å². The Kier molecular flexibility index (Phi) is 3.69. The van der Waals surface area contributed by atoms with E-state index in [2.05, 4.69) is 11.8 Å². The fourth-order valence-corrected chi connectivity index (χ4v) is 1.94. The monoisotopic (exact) mass is 241 g/mol. The van der Waals surface area contributed by atoms with Gasteiger partial charge in [-0.1, -0.05) is 30.2 Å². The van der Waals surface area contributed by atoms with Gasteiger partial charge in [0.1, 0.15) is 6.04 Å². The van der Waals surface area contributed by atoms with E-state index in [0.29, 0.717) is 6.61 Å². The third-order valence-electron chi connectivity index (χ3n) is 2.69. The van der Waals surface area contributed by atoms with Crippen molar-refractivity contribution in [2.45, 2.75) is 19.9 Å². The summed E-state index contributed by atoms with van der Waals surface area (Å²) >= 11 is 0. The van der Waals surface area contributed by atoms with Crippen molar-refractivity contribution in [2.75, 3.05) is 11.5 Å². The van der Waals surface area contributed by atoms with Gasteiger partial charge in [0.05, 0.1) is 12.3 Å². The molecule has 0 saturated heterocycles. The fourth-order valence-electron chi connectivity index (χ4n) is 1.94. The molecule has 18 heavy (non-hydrogen) atoms. The number of ether oxygens (including phenoxy) is 1. The number of hydrogen-bond acceptors (Lipinski definition) is 2. The number of fused-ring (bicyclic) bond motifs is 1. The third-order valence-corrected chi connectivity index (χ3v) is 2.69. The van der Waals surface area contributed by atoms with Crippen LogP contribution in [0.5, 0.6) is 0 Å². The van der Waals surface area contributed by atoms with Crippen molar-refractivity contribution in [1.82, 2.24) is 0 Å². The second kappa shape index (κ2) is 5.42. The minimum atomic E-state index is -0.359. The molecule has 1 aromatic rings. The molecule has 0 unspecified atom stereocenters. The van der Waals surface area contributed by atoms with Gasteiger partial charge >= 0.3 is 6.09 Å². The molecule has 92 valence electrons. The van der Waals surface area contributed by atoms with Gasteiger partial charge in [-0.2, -0.15) is 0 Å². The second-order valence-electron chi connectivity index (χ2n) is 3.83. The Bertz CT molecular complexity index is 537. The van der Waals surface area contributed by atoms with Gasteiger partial charge in [0, 0.05) is 0 Å². The molecule has 0 N–H and O–H groups in total. The number of carbonyl (C=O) groups excluding carboxylic acids is 1. The van der Waals surface area contributed by atoms with Crippen molar-refractivity contribution in [3.8, 4) is 11.8 Å². The van der Waals surface area contributed by atoms with Gasteiger partial charge in [0.25, 0.3) is 0 Å². The summed E-state index contributed by atoms with van der Waals surface area (Å²) < 4.78 is 5.10. The van der Waals surface area contributed by atoms with Crippen LogP contribution in [-0.4, -0.2) is 18.7 Å². The Morgan fingerprint density at radius 1 is 1.44 bits per heavy atom. The van der Waals surface area contributed by atoms with Crippen molar-refractivity contribution < 1.29 is 9.53 Å². The smallest absolute Gasteiger partial charge is 0.415 e. The molecule has 1 aromatic carbocycles. The van der Waals surface area contributed by atoms with Gasteiger partial charge < -0.3 is 4.74 Å². The van der Waals surface area contributed by atoms with Gasteiger partial charge in [-0.05, 0) is 31.6 Å². The summed E-state index contributed by atoms with van der Waals surface area (Å²) in [6.07, 6.45) is 3.54. The summed E-state index contributed by atoms with van der Waals surface area (Å²) in [5.41, 5.74) is 1.84. The number of hydrogen-bond donors (Lipinski definition) is 0. The lowest BCUT2D eigenvalue weighted by atomic mass is 10.0. The predicted molar refractivity (Wildman–Crippen MR) is 72.2 cm³/mol. The normalized spacial score (nSPS) is 16.6. The predicted octanol–water partition coefficient (Wildman–Crippen LogP) is 3.07. The summed E-state index contributed by atoms with van der Waals surface area (Å²) in [6, 6.07) is 7.45. The zero-order valence-electron chi connectivity index (χ0n) is 10.5. The Balaban J connectivity index is 2.43. The van der Waals surface area contributed by atoms with E-state index >= 15 is 0 Å². The number of nitrogens with zero attached hydrogens (tertiary/aromatic N) is 1. The number of amides is 1.